The van der Waals surface area contributed by atoms with E-state index >= 15 is 0 Å². The molecule has 0 saturated carbocycles. The smallest absolute Gasteiger partial charge is 0.224 e. The highest BCUT2D eigenvalue weighted by Gasteiger charge is 2.15. The van der Waals surface area contributed by atoms with Gasteiger partial charge in [-0.2, -0.15) is 5.26 Å². The number of carbonyl (C=O) groups excluding carboxylic acids is 2. The quantitative estimate of drug-likeness (QED) is 0.740. The highest BCUT2D eigenvalue weighted by molar-refractivity contribution is 5.94. The van der Waals surface area contributed by atoms with Crippen LogP contribution in [0.25, 0.3) is 0 Å². The van der Waals surface area contributed by atoms with E-state index in [4.69, 9.17) is 10.00 Å². The highest BCUT2D eigenvalue weighted by Crippen LogP contribution is 2.26. The lowest BCUT2D eigenvalue weighted by molar-refractivity contribution is -0.121. The van der Waals surface area contributed by atoms with Crippen molar-refractivity contribution < 1.29 is 14.3 Å². The number of anilines is 1. The van der Waals surface area contributed by atoms with Crippen LogP contribution in [-0.2, 0) is 22.6 Å². The van der Waals surface area contributed by atoms with Gasteiger partial charge in [0.25, 0.3) is 0 Å². The summed E-state index contributed by atoms with van der Waals surface area (Å²) in [6, 6.07) is 14.8. The first kappa shape index (κ1) is 18.5. The first-order chi connectivity index (χ1) is 13.1. The second kappa shape index (κ2) is 8.86. The average molecular weight is 363 g/mol. The number of nitrogens with zero attached hydrogens (tertiary/aromatic N) is 1. The van der Waals surface area contributed by atoms with Gasteiger partial charge in [0.1, 0.15) is 5.75 Å². The van der Waals surface area contributed by atoms with E-state index in [0.717, 1.165) is 29.0 Å². The first-order valence-corrected chi connectivity index (χ1v) is 8.95. The molecule has 138 valence electrons. The Bertz CT molecular complexity index is 869. The van der Waals surface area contributed by atoms with Gasteiger partial charge in [-0.05, 0) is 54.3 Å². The summed E-state index contributed by atoms with van der Waals surface area (Å²) in [5, 5.41) is 14.5. The van der Waals surface area contributed by atoms with Crippen molar-refractivity contribution in [1.82, 2.24) is 5.32 Å². The van der Waals surface area contributed by atoms with Crippen molar-refractivity contribution in [3.63, 3.8) is 0 Å². The van der Waals surface area contributed by atoms with Crippen molar-refractivity contribution in [3.05, 3.63) is 59.2 Å². The van der Waals surface area contributed by atoms with Gasteiger partial charge in [-0.1, -0.05) is 12.1 Å². The van der Waals surface area contributed by atoms with Crippen LogP contribution < -0.4 is 15.4 Å². The predicted octanol–water partition coefficient (Wildman–Crippen LogP) is 2.92. The van der Waals surface area contributed by atoms with E-state index < -0.39 is 0 Å². The molecule has 0 aromatic heterocycles. The number of amides is 2. The molecule has 2 amide bonds. The Balaban J connectivity index is 1.36. The molecule has 2 aromatic carbocycles. The predicted molar refractivity (Wildman–Crippen MR) is 101 cm³/mol. The fourth-order valence-electron chi connectivity index (χ4n) is 2.86. The number of fused-ring (bicyclic) bond motifs is 1. The van der Waals surface area contributed by atoms with E-state index in [9.17, 15) is 9.59 Å². The maximum absolute atomic E-state index is 11.9. The molecule has 6 heteroatoms. The maximum atomic E-state index is 11.9. The van der Waals surface area contributed by atoms with Crippen molar-refractivity contribution in [1.29, 1.82) is 5.26 Å². The molecule has 27 heavy (non-hydrogen) atoms. The first-order valence-electron chi connectivity index (χ1n) is 8.95. The molecule has 0 aliphatic carbocycles. The van der Waals surface area contributed by atoms with E-state index in [1.165, 1.54) is 0 Å². The maximum Gasteiger partial charge on any atom is 0.224 e. The van der Waals surface area contributed by atoms with Gasteiger partial charge < -0.3 is 15.4 Å². The number of carbonyl (C=O) groups is 2. The molecule has 0 atom stereocenters. The summed E-state index contributed by atoms with van der Waals surface area (Å²) in [6.45, 7) is 0.900. The minimum atomic E-state index is -0.0314. The number of rotatable bonds is 7. The minimum absolute atomic E-state index is 0.0314. The lowest BCUT2D eigenvalue weighted by atomic mass is 10.0. The molecule has 1 aliphatic heterocycles. The lowest BCUT2D eigenvalue weighted by Crippen LogP contribution is -2.23. The molecule has 0 bridgehead atoms. The zero-order valence-corrected chi connectivity index (χ0v) is 15.0. The number of hydrogen-bond donors (Lipinski definition) is 2. The Hall–Kier alpha value is -3.33. The second-order valence-corrected chi connectivity index (χ2v) is 6.40. The molecule has 3 rings (SSSR count). The topological polar surface area (TPSA) is 91.2 Å². The monoisotopic (exact) mass is 363 g/mol. The van der Waals surface area contributed by atoms with Crippen LogP contribution in [0, 0.1) is 11.3 Å². The van der Waals surface area contributed by atoms with Gasteiger partial charge in [0.05, 0.1) is 18.2 Å². The van der Waals surface area contributed by atoms with Crippen LogP contribution in [0.1, 0.15) is 36.0 Å². The molecule has 2 N–H and O–H groups in total. The zero-order valence-electron chi connectivity index (χ0n) is 15.0. The lowest BCUT2D eigenvalue weighted by Gasteiger charge is -2.17. The van der Waals surface area contributed by atoms with Crippen LogP contribution in [-0.4, -0.2) is 18.4 Å². The number of hydrogen-bond acceptors (Lipinski definition) is 4. The third kappa shape index (κ3) is 5.32. The number of nitrogens with one attached hydrogen (secondary N) is 2. The van der Waals surface area contributed by atoms with Crippen LogP contribution in [0.4, 0.5) is 5.69 Å². The van der Waals surface area contributed by atoms with Gasteiger partial charge in [-0.25, -0.2) is 0 Å². The largest absolute Gasteiger partial charge is 0.494 e. The van der Waals surface area contributed by atoms with Gasteiger partial charge in [0, 0.05) is 25.1 Å². The van der Waals surface area contributed by atoms with Gasteiger partial charge >= 0.3 is 0 Å². The Morgan fingerprint density at radius 3 is 2.78 bits per heavy atom. The summed E-state index contributed by atoms with van der Waals surface area (Å²) < 4.78 is 5.71. The Morgan fingerprint density at radius 2 is 2.00 bits per heavy atom. The Kier molecular flexibility index (Phi) is 6.06. The molecule has 0 saturated heterocycles. The third-order valence-corrected chi connectivity index (χ3v) is 4.36. The van der Waals surface area contributed by atoms with E-state index in [1.54, 1.807) is 12.1 Å². The van der Waals surface area contributed by atoms with Crippen LogP contribution in [0.3, 0.4) is 0 Å². The van der Waals surface area contributed by atoms with Crippen LogP contribution in [0.2, 0.25) is 0 Å². The Morgan fingerprint density at radius 1 is 1.19 bits per heavy atom. The SMILES string of the molecule is N#Cc1ccc(CNC(=O)CCCOc2ccc3c(c2)CCC(=O)N3)cc1. The van der Waals surface area contributed by atoms with Gasteiger partial charge in [-0.15, -0.1) is 0 Å². The number of benzene rings is 2. The normalized spacial score (nSPS) is 12.5. The third-order valence-electron chi connectivity index (χ3n) is 4.36. The van der Waals surface area contributed by atoms with E-state index in [-0.39, 0.29) is 11.8 Å². The number of ether oxygens (including phenoxy) is 1. The molecule has 0 fully saturated rings. The summed E-state index contributed by atoms with van der Waals surface area (Å²) in [6.07, 6.45) is 2.22. The molecule has 2 aromatic rings. The minimum Gasteiger partial charge on any atom is -0.494 e. The summed E-state index contributed by atoms with van der Waals surface area (Å²) in [7, 11) is 0. The van der Waals surface area contributed by atoms with Crippen molar-refractivity contribution in [2.24, 2.45) is 0 Å². The van der Waals surface area contributed by atoms with Gasteiger partial charge in [-0.3, -0.25) is 9.59 Å². The molecule has 1 heterocycles. The van der Waals surface area contributed by atoms with E-state index in [1.807, 2.05) is 30.3 Å². The van der Waals surface area contributed by atoms with Crippen molar-refractivity contribution in [2.75, 3.05) is 11.9 Å². The summed E-state index contributed by atoms with van der Waals surface area (Å²) in [5.41, 5.74) is 3.49. The molecule has 1 aliphatic rings. The molecule has 0 radical (unpaired) electrons. The fourth-order valence-corrected chi connectivity index (χ4v) is 2.86. The van der Waals surface area contributed by atoms with E-state index in [2.05, 4.69) is 16.7 Å². The second-order valence-electron chi connectivity index (χ2n) is 6.40. The van der Waals surface area contributed by atoms with Gasteiger partial charge in [0.15, 0.2) is 0 Å². The zero-order chi connectivity index (χ0) is 19.1. The number of nitriles is 1. The highest BCUT2D eigenvalue weighted by atomic mass is 16.5. The Labute approximate surface area is 158 Å². The van der Waals surface area contributed by atoms with Crippen LogP contribution >= 0.6 is 0 Å². The molecule has 0 spiro atoms. The molecular formula is C21H21N3O3. The van der Waals surface area contributed by atoms with Crippen LogP contribution in [0.5, 0.6) is 5.75 Å². The summed E-state index contributed by atoms with van der Waals surface area (Å²) >= 11 is 0. The molecular weight excluding hydrogens is 342 g/mol. The van der Waals surface area contributed by atoms with E-state index in [0.29, 0.717) is 38.0 Å². The van der Waals surface area contributed by atoms with Crippen molar-refractivity contribution in [2.45, 2.75) is 32.2 Å². The fraction of sp³-hybridized carbons (Fsp3) is 0.286. The summed E-state index contributed by atoms with van der Waals surface area (Å²) in [5.74, 6) is 0.766. The van der Waals surface area contributed by atoms with Crippen molar-refractivity contribution in [3.8, 4) is 11.8 Å². The average Bonchev–Trinajstić information content (AvgIpc) is 2.70. The number of aryl methyl sites for hydroxylation is 1. The molecule has 6 nitrogen and oxygen atoms in total. The van der Waals surface area contributed by atoms with Crippen molar-refractivity contribution >= 4 is 17.5 Å². The molecule has 0 unspecified atom stereocenters. The van der Waals surface area contributed by atoms with Crippen LogP contribution in [0.15, 0.2) is 42.5 Å². The van der Waals surface area contributed by atoms with Gasteiger partial charge in [0.2, 0.25) is 11.8 Å². The standard InChI is InChI=1S/C21H21N3O3/c22-13-15-3-5-16(6-4-15)14-23-20(25)2-1-11-27-18-8-9-19-17(12-18)7-10-21(26)24-19/h3-6,8-9,12H,1-2,7,10-11,14H2,(H,23,25)(H,24,26). The summed E-state index contributed by atoms with van der Waals surface area (Å²) in [4.78, 5) is 23.3.